The third kappa shape index (κ3) is 2.63. The van der Waals surface area contributed by atoms with Gasteiger partial charge in [0.25, 0.3) is 0 Å². The van der Waals surface area contributed by atoms with Crippen LogP contribution in [0.2, 0.25) is 0 Å². The van der Waals surface area contributed by atoms with E-state index in [1.165, 1.54) is 0 Å². The topological polar surface area (TPSA) is 65.7 Å². The molecule has 0 unspecified atom stereocenters. The Morgan fingerprint density at radius 2 is 1.06 bits per heavy atom. The number of para-hydroxylation sites is 2. The molecule has 2 aromatic heterocycles. The van der Waals surface area contributed by atoms with Crippen molar-refractivity contribution in [3.8, 4) is 0 Å². The number of aromatic nitrogens is 2. The Morgan fingerprint density at radius 1 is 0.625 bits per heavy atom. The van der Waals surface area contributed by atoms with E-state index < -0.39 is 0 Å². The molecule has 0 aliphatic carbocycles. The van der Waals surface area contributed by atoms with E-state index in [2.05, 4.69) is 29.0 Å². The van der Waals surface area contributed by atoms with E-state index in [0.29, 0.717) is 11.1 Å². The van der Waals surface area contributed by atoms with Gasteiger partial charge >= 0.3 is 0 Å². The quantitative estimate of drug-likeness (QED) is 0.313. The number of benzene rings is 4. The number of fused-ring (bicyclic) bond motifs is 6. The second-order valence-corrected chi connectivity index (χ2v) is 8.36. The van der Waals surface area contributed by atoms with Gasteiger partial charge < -0.3 is 9.97 Å². The van der Waals surface area contributed by atoms with Crippen molar-refractivity contribution in [2.75, 3.05) is 0 Å². The predicted molar refractivity (Wildman–Crippen MR) is 130 cm³/mol. The van der Waals surface area contributed by atoms with Crippen LogP contribution in [0.4, 0.5) is 0 Å². The van der Waals surface area contributed by atoms with E-state index >= 15 is 0 Å². The van der Waals surface area contributed by atoms with Crippen LogP contribution in [-0.4, -0.2) is 22.5 Å². The van der Waals surface area contributed by atoms with Crippen LogP contribution in [0, 0.1) is 0 Å². The summed E-state index contributed by atoms with van der Waals surface area (Å²) in [4.78, 5) is 30.7. The number of carbonyl (C=O) groups is 2. The fraction of sp³-hybridized carbons (Fsp3) is 0.0714. The van der Waals surface area contributed by atoms with Crippen molar-refractivity contribution in [2.24, 2.45) is 0 Å². The molecule has 2 N–H and O–H groups in total. The van der Waals surface area contributed by atoms with E-state index in [1.807, 2.05) is 60.7 Å². The third-order valence-corrected chi connectivity index (χ3v) is 6.54. The summed E-state index contributed by atoms with van der Waals surface area (Å²) in [5, 5.41) is 4.26. The van der Waals surface area contributed by atoms with Crippen molar-refractivity contribution in [3.63, 3.8) is 0 Å². The lowest BCUT2D eigenvalue weighted by atomic mass is 9.88. The zero-order valence-electron chi connectivity index (χ0n) is 17.5. The van der Waals surface area contributed by atoms with Crippen LogP contribution >= 0.6 is 0 Å². The lowest BCUT2D eigenvalue weighted by molar-refractivity contribution is 0.111. The van der Waals surface area contributed by atoms with Gasteiger partial charge in [-0.1, -0.05) is 43.3 Å². The average Bonchev–Trinajstić information content (AvgIpc) is 3.40. The van der Waals surface area contributed by atoms with E-state index in [-0.39, 0.29) is 5.92 Å². The largest absolute Gasteiger partial charge is 0.354 e. The first-order valence-electron chi connectivity index (χ1n) is 10.7. The molecule has 154 valence electrons. The molecule has 0 saturated heterocycles. The SMILES string of the molecule is CC(c1cc(C=O)cc2c1[nH]c1ccccc12)c1cc(C=O)cc2c1[nH]c1ccccc12. The van der Waals surface area contributed by atoms with Gasteiger partial charge in [0.05, 0.1) is 11.0 Å². The Hall–Kier alpha value is -4.18. The summed E-state index contributed by atoms with van der Waals surface area (Å²) in [6, 6.07) is 24.1. The second-order valence-electron chi connectivity index (χ2n) is 8.36. The van der Waals surface area contributed by atoms with Gasteiger partial charge in [-0.2, -0.15) is 0 Å². The normalized spacial score (nSPS) is 11.8. The van der Waals surface area contributed by atoms with Gasteiger partial charge in [0.1, 0.15) is 12.6 Å². The molecule has 0 aliphatic rings. The lowest BCUT2D eigenvalue weighted by Gasteiger charge is -2.16. The standard InChI is InChI=1S/C28H20N2O2/c1-16(21-10-17(14-31)12-23-19-6-2-4-8-25(19)29-27(21)23)22-11-18(15-32)13-24-20-7-3-5-9-26(20)30-28(22)24/h2-16,29-30H,1H3. The molecule has 6 rings (SSSR count). The molecule has 4 heteroatoms. The van der Waals surface area contributed by atoms with E-state index in [1.54, 1.807) is 0 Å². The minimum absolute atomic E-state index is 0.0547. The van der Waals surface area contributed by atoms with Crippen LogP contribution in [0.25, 0.3) is 43.6 Å². The highest BCUT2D eigenvalue weighted by Gasteiger charge is 2.20. The molecular weight excluding hydrogens is 396 g/mol. The first-order chi connectivity index (χ1) is 15.7. The zero-order valence-corrected chi connectivity index (χ0v) is 17.5. The maximum absolute atomic E-state index is 11.8. The van der Waals surface area contributed by atoms with Crippen LogP contribution in [0.15, 0.2) is 72.8 Å². The smallest absolute Gasteiger partial charge is 0.150 e. The highest BCUT2D eigenvalue weighted by atomic mass is 16.1. The summed E-state index contributed by atoms with van der Waals surface area (Å²) in [5.74, 6) is -0.0547. The summed E-state index contributed by atoms with van der Waals surface area (Å²) in [7, 11) is 0. The molecule has 0 aliphatic heterocycles. The summed E-state index contributed by atoms with van der Waals surface area (Å²) in [6.45, 7) is 2.13. The highest BCUT2D eigenvalue weighted by molar-refractivity contribution is 6.11. The molecule has 6 aromatic rings. The molecule has 32 heavy (non-hydrogen) atoms. The number of carbonyl (C=O) groups excluding carboxylic acids is 2. The van der Waals surface area contributed by atoms with Gasteiger partial charge in [-0.25, -0.2) is 0 Å². The van der Waals surface area contributed by atoms with Crippen molar-refractivity contribution >= 4 is 56.2 Å². The highest BCUT2D eigenvalue weighted by Crippen LogP contribution is 2.39. The number of nitrogens with one attached hydrogen (secondary N) is 2. The molecule has 0 radical (unpaired) electrons. The first-order valence-corrected chi connectivity index (χ1v) is 10.7. The van der Waals surface area contributed by atoms with E-state index in [4.69, 9.17) is 0 Å². The summed E-state index contributed by atoms with van der Waals surface area (Å²) in [6.07, 6.45) is 1.80. The minimum Gasteiger partial charge on any atom is -0.354 e. The molecule has 0 fully saturated rings. The Balaban J connectivity index is 1.68. The predicted octanol–water partition coefficient (Wildman–Crippen LogP) is 6.73. The maximum atomic E-state index is 11.8. The number of hydrogen-bond donors (Lipinski definition) is 2. The number of rotatable bonds is 4. The van der Waals surface area contributed by atoms with Gasteiger partial charge in [-0.05, 0) is 47.5 Å². The monoisotopic (exact) mass is 416 g/mol. The van der Waals surface area contributed by atoms with Crippen molar-refractivity contribution in [3.05, 3.63) is 95.1 Å². The molecule has 4 aromatic carbocycles. The summed E-state index contributed by atoms with van der Waals surface area (Å²) >= 11 is 0. The number of aldehydes is 2. The minimum atomic E-state index is -0.0547. The molecule has 0 amide bonds. The van der Waals surface area contributed by atoms with Crippen LogP contribution in [-0.2, 0) is 0 Å². The number of H-pyrrole nitrogens is 2. The molecule has 0 spiro atoms. The van der Waals surface area contributed by atoms with E-state index in [0.717, 1.165) is 67.3 Å². The molecule has 0 bridgehead atoms. The Kier molecular flexibility index (Phi) is 4.02. The molecule has 4 nitrogen and oxygen atoms in total. The van der Waals surface area contributed by atoms with Crippen molar-refractivity contribution < 1.29 is 9.59 Å². The van der Waals surface area contributed by atoms with Crippen LogP contribution in [0.3, 0.4) is 0 Å². The van der Waals surface area contributed by atoms with E-state index in [9.17, 15) is 9.59 Å². The Labute approximate surface area is 183 Å². The third-order valence-electron chi connectivity index (χ3n) is 6.54. The fourth-order valence-corrected chi connectivity index (χ4v) is 4.99. The zero-order chi connectivity index (χ0) is 21.8. The average molecular weight is 416 g/mol. The Morgan fingerprint density at radius 3 is 1.50 bits per heavy atom. The van der Waals surface area contributed by atoms with Gasteiger partial charge in [0.2, 0.25) is 0 Å². The van der Waals surface area contributed by atoms with Gasteiger partial charge in [-0.3, -0.25) is 9.59 Å². The molecule has 0 atom stereocenters. The van der Waals surface area contributed by atoms with Crippen LogP contribution in [0.5, 0.6) is 0 Å². The summed E-state index contributed by atoms with van der Waals surface area (Å²) in [5.41, 5.74) is 7.46. The number of aromatic amines is 2. The van der Waals surface area contributed by atoms with Crippen molar-refractivity contribution in [2.45, 2.75) is 12.8 Å². The van der Waals surface area contributed by atoms with Gasteiger partial charge in [0, 0.05) is 49.6 Å². The van der Waals surface area contributed by atoms with Crippen LogP contribution < -0.4 is 0 Å². The molecule has 0 saturated carbocycles. The molecule has 2 heterocycles. The molecular formula is C28H20N2O2. The van der Waals surface area contributed by atoms with Crippen molar-refractivity contribution in [1.29, 1.82) is 0 Å². The lowest BCUT2D eigenvalue weighted by Crippen LogP contribution is -2.01. The van der Waals surface area contributed by atoms with Gasteiger partial charge in [0.15, 0.2) is 0 Å². The second kappa shape index (κ2) is 6.92. The fourth-order valence-electron chi connectivity index (χ4n) is 4.99. The first kappa shape index (κ1) is 18.6. The number of hydrogen-bond acceptors (Lipinski definition) is 2. The Bertz CT molecular complexity index is 1560. The summed E-state index contributed by atoms with van der Waals surface area (Å²) < 4.78 is 0. The maximum Gasteiger partial charge on any atom is 0.150 e. The van der Waals surface area contributed by atoms with Gasteiger partial charge in [-0.15, -0.1) is 0 Å². The van der Waals surface area contributed by atoms with Crippen LogP contribution in [0.1, 0.15) is 44.7 Å². The van der Waals surface area contributed by atoms with Crippen molar-refractivity contribution in [1.82, 2.24) is 9.97 Å².